The normalized spacial score (nSPS) is 22.2. The molecule has 130 valence electrons. The van der Waals surface area contributed by atoms with Gasteiger partial charge >= 0.3 is 0 Å². The van der Waals surface area contributed by atoms with Gasteiger partial charge in [-0.2, -0.15) is 0 Å². The Morgan fingerprint density at radius 1 is 1.00 bits per heavy atom. The molecule has 0 amide bonds. The Balaban J connectivity index is 1.87. The van der Waals surface area contributed by atoms with Crippen molar-refractivity contribution in [3.63, 3.8) is 0 Å². The third-order valence-electron chi connectivity index (χ3n) is 5.54. The number of fused-ring (bicyclic) bond motifs is 3. The summed E-state index contributed by atoms with van der Waals surface area (Å²) >= 11 is 0. The lowest BCUT2D eigenvalue weighted by atomic mass is 9.66. The summed E-state index contributed by atoms with van der Waals surface area (Å²) in [5.41, 5.74) is 4.68. The molecule has 2 atom stereocenters. The standard InChI is InChI=1S/C20H21NO3S/c1-12-4-6-16(7-5-12)25(23,24)21-11-15-10-19(22)20(15)17-8-13(2)14(3)9-18(17)21/h4-9,15,20H,10-11H2,1-3H3/t15-,20-/m0/s1. The Morgan fingerprint density at radius 2 is 1.64 bits per heavy atom. The van der Waals surface area contributed by atoms with Gasteiger partial charge < -0.3 is 0 Å². The molecule has 4 nitrogen and oxygen atoms in total. The number of nitrogens with zero attached hydrogens (tertiary/aromatic N) is 1. The molecule has 1 saturated carbocycles. The number of benzene rings is 2. The first-order chi connectivity index (χ1) is 11.8. The van der Waals surface area contributed by atoms with Crippen LogP contribution in [0.5, 0.6) is 0 Å². The zero-order valence-electron chi connectivity index (χ0n) is 14.6. The number of carbonyl (C=O) groups is 1. The van der Waals surface area contributed by atoms with Crippen LogP contribution in [0.4, 0.5) is 5.69 Å². The molecule has 2 aromatic rings. The maximum absolute atomic E-state index is 13.3. The molecule has 0 aromatic heterocycles. The van der Waals surface area contributed by atoms with Crippen molar-refractivity contribution in [1.29, 1.82) is 0 Å². The van der Waals surface area contributed by atoms with E-state index in [9.17, 15) is 13.2 Å². The lowest BCUT2D eigenvalue weighted by molar-refractivity contribution is -0.129. The fraction of sp³-hybridized carbons (Fsp3) is 0.350. The van der Waals surface area contributed by atoms with Gasteiger partial charge in [-0.15, -0.1) is 0 Å². The van der Waals surface area contributed by atoms with E-state index < -0.39 is 10.0 Å². The van der Waals surface area contributed by atoms with E-state index in [1.54, 1.807) is 12.1 Å². The SMILES string of the molecule is Cc1ccc(S(=O)(=O)N2C[C@@H]3CC(=O)[C@@H]3c3cc(C)c(C)cc32)cc1. The van der Waals surface area contributed by atoms with Crippen LogP contribution in [0.3, 0.4) is 0 Å². The van der Waals surface area contributed by atoms with E-state index in [0.29, 0.717) is 23.5 Å². The van der Waals surface area contributed by atoms with E-state index in [-0.39, 0.29) is 17.6 Å². The molecule has 1 aliphatic carbocycles. The molecule has 1 heterocycles. The van der Waals surface area contributed by atoms with Gasteiger partial charge in [0.2, 0.25) is 0 Å². The Hall–Kier alpha value is -2.14. The minimum atomic E-state index is -3.64. The van der Waals surface area contributed by atoms with E-state index in [1.165, 1.54) is 4.31 Å². The number of carbonyl (C=O) groups excluding carboxylic acids is 1. The first-order valence-electron chi connectivity index (χ1n) is 8.52. The van der Waals surface area contributed by atoms with Crippen LogP contribution in [0.1, 0.15) is 34.6 Å². The summed E-state index contributed by atoms with van der Waals surface area (Å²) in [6.45, 7) is 6.29. The second-order valence-corrected chi connectivity index (χ2v) is 9.11. The summed E-state index contributed by atoms with van der Waals surface area (Å²) in [5, 5.41) is 0. The van der Waals surface area contributed by atoms with Crippen molar-refractivity contribution in [2.24, 2.45) is 5.92 Å². The first kappa shape index (κ1) is 16.3. The van der Waals surface area contributed by atoms with Gasteiger partial charge in [0, 0.05) is 18.9 Å². The highest BCUT2D eigenvalue weighted by molar-refractivity contribution is 7.92. The van der Waals surface area contributed by atoms with E-state index >= 15 is 0 Å². The molecular formula is C20H21NO3S. The molecule has 0 saturated heterocycles. The zero-order chi connectivity index (χ0) is 17.9. The van der Waals surface area contributed by atoms with Crippen molar-refractivity contribution in [2.45, 2.75) is 38.0 Å². The van der Waals surface area contributed by atoms with Crippen molar-refractivity contribution in [2.75, 3.05) is 10.8 Å². The number of ketones is 1. The van der Waals surface area contributed by atoms with Gasteiger partial charge in [-0.25, -0.2) is 8.42 Å². The molecule has 0 spiro atoms. The topological polar surface area (TPSA) is 54.5 Å². The summed E-state index contributed by atoms with van der Waals surface area (Å²) in [7, 11) is -3.64. The fourth-order valence-corrected chi connectivity index (χ4v) is 5.41. The maximum atomic E-state index is 13.3. The van der Waals surface area contributed by atoms with E-state index in [2.05, 4.69) is 0 Å². The number of hydrogen-bond donors (Lipinski definition) is 0. The highest BCUT2D eigenvalue weighted by atomic mass is 32.2. The molecule has 2 aliphatic rings. The minimum Gasteiger partial charge on any atom is -0.299 e. The highest BCUT2D eigenvalue weighted by Gasteiger charge is 2.48. The smallest absolute Gasteiger partial charge is 0.264 e. The van der Waals surface area contributed by atoms with Gasteiger partial charge in [0.25, 0.3) is 10.0 Å². The molecule has 0 bridgehead atoms. The number of Topliss-reactive ketones (excluding diaryl/α,β-unsaturated/α-hetero) is 1. The van der Waals surface area contributed by atoms with Gasteiger partial charge in [0.05, 0.1) is 10.6 Å². The van der Waals surface area contributed by atoms with Crippen LogP contribution in [0.15, 0.2) is 41.3 Å². The molecule has 1 fully saturated rings. The number of aryl methyl sites for hydroxylation is 3. The van der Waals surface area contributed by atoms with Crippen LogP contribution in [0, 0.1) is 26.7 Å². The van der Waals surface area contributed by atoms with Crippen LogP contribution in [-0.2, 0) is 14.8 Å². The Kier molecular flexibility index (Phi) is 3.55. The molecule has 5 heteroatoms. The van der Waals surface area contributed by atoms with Crippen molar-refractivity contribution < 1.29 is 13.2 Å². The third kappa shape index (κ3) is 2.41. The molecule has 25 heavy (non-hydrogen) atoms. The molecule has 0 radical (unpaired) electrons. The van der Waals surface area contributed by atoms with Gasteiger partial charge in [-0.05, 0) is 61.6 Å². The van der Waals surface area contributed by atoms with Crippen LogP contribution in [0.25, 0.3) is 0 Å². The number of anilines is 1. The van der Waals surface area contributed by atoms with Gasteiger partial charge in [-0.1, -0.05) is 23.8 Å². The fourth-order valence-electron chi connectivity index (χ4n) is 3.87. The summed E-state index contributed by atoms with van der Waals surface area (Å²) in [6, 6.07) is 10.9. The lowest BCUT2D eigenvalue weighted by Gasteiger charge is -2.45. The van der Waals surface area contributed by atoms with Crippen LogP contribution in [0.2, 0.25) is 0 Å². The van der Waals surface area contributed by atoms with Crippen LogP contribution in [-0.4, -0.2) is 20.7 Å². The summed E-state index contributed by atoms with van der Waals surface area (Å²) < 4.78 is 28.0. The molecular weight excluding hydrogens is 334 g/mol. The van der Waals surface area contributed by atoms with E-state index in [1.807, 2.05) is 45.0 Å². The van der Waals surface area contributed by atoms with E-state index in [0.717, 1.165) is 22.3 Å². The lowest BCUT2D eigenvalue weighted by Crippen LogP contribution is -2.49. The van der Waals surface area contributed by atoms with Gasteiger partial charge in [0.15, 0.2) is 0 Å². The van der Waals surface area contributed by atoms with E-state index in [4.69, 9.17) is 0 Å². The van der Waals surface area contributed by atoms with Crippen molar-refractivity contribution in [3.05, 3.63) is 58.7 Å². The predicted molar refractivity (Wildman–Crippen MR) is 97.5 cm³/mol. The average Bonchev–Trinajstić information content (AvgIpc) is 2.54. The van der Waals surface area contributed by atoms with Crippen LogP contribution < -0.4 is 4.31 Å². The van der Waals surface area contributed by atoms with Crippen molar-refractivity contribution in [3.8, 4) is 0 Å². The third-order valence-corrected chi connectivity index (χ3v) is 7.33. The van der Waals surface area contributed by atoms with Gasteiger partial charge in [-0.3, -0.25) is 9.10 Å². The maximum Gasteiger partial charge on any atom is 0.264 e. The second kappa shape index (κ2) is 5.43. The molecule has 0 N–H and O–H groups in total. The summed E-state index contributed by atoms with van der Waals surface area (Å²) in [5.74, 6) is 0.169. The summed E-state index contributed by atoms with van der Waals surface area (Å²) in [6.07, 6.45) is 0.469. The zero-order valence-corrected chi connectivity index (χ0v) is 15.4. The predicted octanol–water partition coefficient (Wildman–Crippen LogP) is 3.49. The Morgan fingerprint density at radius 3 is 2.28 bits per heavy atom. The van der Waals surface area contributed by atoms with Crippen molar-refractivity contribution in [1.82, 2.24) is 0 Å². The monoisotopic (exact) mass is 355 g/mol. The van der Waals surface area contributed by atoms with Crippen molar-refractivity contribution >= 4 is 21.5 Å². The Labute approximate surface area is 148 Å². The van der Waals surface area contributed by atoms with Crippen LogP contribution >= 0.6 is 0 Å². The van der Waals surface area contributed by atoms with Gasteiger partial charge in [0.1, 0.15) is 5.78 Å². The minimum absolute atomic E-state index is 0.0855. The number of rotatable bonds is 2. The summed E-state index contributed by atoms with van der Waals surface area (Å²) in [4.78, 5) is 12.4. The average molecular weight is 355 g/mol. The second-order valence-electron chi connectivity index (χ2n) is 7.25. The number of hydrogen-bond acceptors (Lipinski definition) is 3. The molecule has 4 rings (SSSR count). The number of sulfonamides is 1. The quantitative estimate of drug-likeness (QED) is 0.828. The molecule has 2 aromatic carbocycles. The largest absolute Gasteiger partial charge is 0.299 e. The molecule has 0 unspecified atom stereocenters. The molecule has 1 aliphatic heterocycles. The first-order valence-corrected chi connectivity index (χ1v) is 9.96. The Bertz CT molecular complexity index is 977. The highest BCUT2D eigenvalue weighted by Crippen LogP contribution is 2.49.